The van der Waals surface area contributed by atoms with Gasteiger partial charge in [0, 0.05) is 11.4 Å². The highest BCUT2D eigenvalue weighted by Gasteiger charge is 2.30. The lowest BCUT2D eigenvalue weighted by molar-refractivity contribution is -0.274. The first-order chi connectivity index (χ1) is 11.2. The van der Waals surface area contributed by atoms with Gasteiger partial charge in [-0.25, -0.2) is 4.79 Å². The van der Waals surface area contributed by atoms with Crippen molar-refractivity contribution in [3.8, 4) is 5.75 Å². The first-order valence-corrected chi connectivity index (χ1v) is 6.46. The molecule has 0 aliphatic heterocycles. The summed E-state index contributed by atoms with van der Waals surface area (Å²) in [6.45, 7) is 0. The molecule has 0 heterocycles. The number of nitrogens with two attached hydrogens (primary N) is 1. The predicted molar refractivity (Wildman–Crippen MR) is 78.9 cm³/mol. The maximum Gasteiger partial charge on any atom is 0.573 e. The summed E-state index contributed by atoms with van der Waals surface area (Å²) in [6.07, 6.45) is -4.80. The van der Waals surface area contributed by atoms with Crippen LogP contribution in [-0.2, 0) is 0 Å². The molecule has 0 atom stereocenters. The van der Waals surface area contributed by atoms with E-state index >= 15 is 0 Å². The van der Waals surface area contributed by atoms with Gasteiger partial charge in [-0.05, 0) is 42.5 Å². The van der Waals surface area contributed by atoms with Crippen LogP contribution in [0.2, 0.25) is 0 Å². The minimum absolute atomic E-state index is 0.0376. The average Bonchev–Trinajstić information content (AvgIpc) is 2.47. The van der Waals surface area contributed by atoms with Crippen molar-refractivity contribution in [3.63, 3.8) is 0 Å². The van der Waals surface area contributed by atoms with E-state index in [1.807, 2.05) is 0 Å². The van der Waals surface area contributed by atoms with Crippen molar-refractivity contribution >= 4 is 23.3 Å². The molecule has 24 heavy (non-hydrogen) atoms. The number of anilines is 2. The minimum atomic E-state index is -4.80. The van der Waals surface area contributed by atoms with Gasteiger partial charge in [-0.15, -0.1) is 13.2 Å². The topological polar surface area (TPSA) is 102 Å². The lowest BCUT2D eigenvalue weighted by Crippen LogP contribution is -2.17. The van der Waals surface area contributed by atoms with E-state index in [9.17, 15) is 22.8 Å². The Kier molecular flexibility index (Phi) is 4.63. The van der Waals surface area contributed by atoms with Crippen molar-refractivity contribution in [2.75, 3.05) is 11.1 Å². The van der Waals surface area contributed by atoms with Gasteiger partial charge in [0.2, 0.25) is 0 Å². The van der Waals surface area contributed by atoms with Gasteiger partial charge in [0.15, 0.2) is 0 Å². The molecule has 0 unspecified atom stereocenters. The number of ether oxygens (including phenoxy) is 1. The lowest BCUT2D eigenvalue weighted by Gasteiger charge is -2.11. The molecule has 0 aliphatic rings. The van der Waals surface area contributed by atoms with Crippen LogP contribution >= 0.6 is 0 Å². The number of carbonyl (C=O) groups excluding carboxylic acids is 1. The second kappa shape index (κ2) is 6.49. The van der Waals surface area contributed by atoms with Crippen LogP contribution in [0, 0.1) is 0 Å². The summed E-state index contributed by atoms with van der Waals surface area (Å²) in [5.41, 5.74) is 5.79. The lowest BCUT2D eigenvalue weighted by atomic mass is 10.1. The maximum atomic E-state index is 12.1. The number of nitrogens with one attached hydrogen (secondary N) is 1. The molecule has 2 aromatic carbocycles. The molecule has 2 aromatic rings. The van der Waals surface area contributed by atoms with Crippen LogP contribution in [0.5, 0.6) is 5.75 Å². The molecule has 0 bridgehead atoms. The summed E-state index contributed by atoms with van der Waals surface area (Å²) >= 11 is 0. The Morgan fingerprint density at radius 2 is 1.71 bits per heavy atom. The molecule has 0 fully saturated rings. The normalized spacial score (nSPS) is 11.0. The summed E-state index contributed by atoms with van der Waals surface area (Å²) in [6, 6.07) is 8.13. The van der Waals surface area contributed by atoms with Crippen molar-refractivity contribution in [3.05, 3.63) is 53.6 Å². The zero-order chi connectivity index (χ0) is 17.9. The number of aromatic carboxylic acids is 1. The number of hydrogen-bond acceptors (Lipinski definition) is 4. The smallest absolute Gasteiger partial charge is 0.478 e. The highest BCUT2D eigenvalue weighted by molar-refractivity contribution is 6.08. The molecule has 126 valence electrons. The Bertz CT molecular complexity index is 773. The number of halogens is 3. The van der Waals surface area contributed by atoms with Crippen LogP contribution in [0.3, 0.4) is 0 Å². The summed E-state index contributed by atoms with van der Waals surface area (Å²) in [5, 5.41) is 11.3. The number of carbonyl (C=O) groups is 2. The van der Waals surface area contributed by atoms with Crippen LogP contribution in [0.15, 0.2) is 42.5 Å². The van der Waals surface area contributed by atoms with Gasteiger partial charge in [0.25, 0.3) is 5.91 Å². The molecule has 2 rings (SSSR count). The quantitative estimate of drug-likeness (QED) is 0.742. The van der Waals surface area contributed by atoms with Crippen LogP contribution in [-0.4, -0.2) is 23.3 Å². The van der Waals surface area contributed by atoms with Crippen molar-refractivity contribution in [1.82, 2.24) is 0 Å². The van der Waals surface area contributed by atoms with Crippen LogP contribution in [0.4, 0.5) is 24.5 Å². The molecule has 6 nitrogen and oxygen atoms in total. The highest BCUT2D eigenvalue weighted by atomic mass is 19.4. The number of benzene rings is 2. The Morgan fingerprint density at radius 3 is 2.21 bits per heavy atom. The number of rotatable bonds is 4. The molecule has 0 saturated carbocycles. The first kappa shape index (κ1) is 17.1. The van der Waals surface area contributed by atoms with Crippen LogP contribution in [0.1, 0.15) is 20.7 Å². The largest absolute Gasteiger partial charge is 0.573 e. The van der Waals surface area contributed by atoms with E-state index in [4.69, 9.17) is 10.8 Å². The Labute approximate surface area is 133 Å². The Morgan fingerprint density at radius 1 is 1.08 bits per heavy atom. The van der Waals surface area contributed by atoms with Gasteiger partial charge in [0.05, 0.1) is 11.1 Å². The molecule has 0 radical (unpaired) electrons. The van der Waals surface area contributed by atoms with Crippen molar-refractivity contribution in [1.29, 1.82) is 0 Å². The van der Waals surface area contributed by atoms with Gasteiger partial charge >= 0.3 is 12.3 Å². The molecular weight excluding hydrogens is 329 g/mol. The first-order valence-electron chi connectivity index (χ1n) is 6.46. The van der Waals surface area contributed by atoms with E-state index in [1.165, 1.54) is 24.3 Å². The van der Waals surface area contributed by atoms with Gasteiger partial charge in [-0.1, -0.05) is 0 Å². The second-order valence-corrected chi connectivity index (χ2v) is 4.63. The van der Waals surface area contributed by atoms with Gasteiger partial charge in [-0.3, -0.25) is 4.79 Å². The van der Waals surface area contributed by atoms with Crippen molar-refractivity contribution < 1.29 is 32.6 Å². The molecular formula is C15H11F3N2O4. The van der Waals surface area contributed by atoms with Crippen molar-refractivity contribution in [2.24, 2.45) is 0 Å². The summed E-state index contributed by atoms with van der Waals surface area (Å²) in [4.78, 5) is 22.9. The number of nitrogen functional groups attached to an aromatic ring is 1. The van der Waals surface area contributed by atoms with E-state index in [2.05, 4.69) is 10.1 Å². The molecule has 0 spiro atoms. The minimum Gasteiger partial charge on any atom is -0.478 e. The fraction of sp³-hybridized carbons (Fsp3) is 0.0667. The van der Waals surface area contributed by atoms with Gasteiger partial charge in [0.1, 0.15) is 5.75 Å². The number of carboxylic acids is 1. The van der Waals surface area contributed by atoms with Crippen LogP contribution < -0.4 is 15.8 Å². The predicted octanol–water partition coefficient (Wildman–Crippen LogP) is 3.12. The molecule has 9 heteroatoms. The number of amides is 1. The molecule has 0 saturated heterocycles. The van der Waals surface area contributed by atoms with E-state index in [0.717, 1.165) is 18.2 Å². The third kappa shape index (κ3) is 4.38. The zero-order valence-electron chi connectivity index (χ0n) is 11.9. The standard InChI is InChI=1S/C15H11F3N2O4/c16-15(17,18)24-10-4-2-9(3-5-10)20-13(21)11-6-1-8(14(22)23)7-12(11)19/h1-7H,19H2,(H,20,21)(H,22,23). The molecule has 4 N–H and O–H groups in total. The second-order valence-electron chi connectivity index (χ2n) is 4.63. The Balaban J connectivity index is 2.11. The SMILES string of the molecule is Nc1cc(C(=O)O)ccc1C(=O)Nc1ccc(OC(F)(F)F)cc1. The fourth-order valence-corrected chi connectivity index (χ4v) is 1.84. The van der Waals surface area contributed by atoms with E-state index < -0.39 is 24.0 Å². The van der Waals surface area contributed by atoms with E-state index in [0.29, 0.717) is 0 Å². The van der Waals surface area contributed by atoms with Gasteiger partial charge in [-0.2, -0.15) is 0 Å². The molecule has 1 amide bonds. The average molecular weight is 340 g/mol. The molecule has 0 aromatic heterocycles. The summed E-state index contributed by atoms with van der Waals surface area (Å²) in [7, 11) is 0. The third-order valence-electron chi connectivity index (χ3n) is 2.89. The number of hydrogen-bond donors (Lipinski definition) is 3. The summed E-state index contributed by atoms with van der Waals surface area (Å²) < 4.78 is 39.9. The monoisotopic (exact) mass is 340 g/mol. The zero-order valence-corrected chi connectivity index (χ0v) is 11.9. The fourth-order valence-electron chi connectivity index (χ4n) is 1.84. The van der Waals surface area contributed by atoms with E-state index in [1.54, 1.807) is 0 Å². The number of carboxylic acid groups (broad SMARTS) is 1. The van der Waals surface area contributed by atoms with Crippen LogP contribution in [0.25, 0.3) is 0 Å². The number of alkyl halides is 3. The molecule has 0 aliphatic carbocycles. The highest BCUT2D eigenvalue weighted by Crippen LogP contribution is 2.24. The van der Waals surface area contributed by atoms with Crippen molar-refractivity contribution in [2.45, 2.75) is 6.36 Å². The van der Waals surface area contributed by atoms with Gasteiger partial charge < -0.3 is 20.9 Å². The van der Waals surface area contributed by atoms with E-state index in [-0.39, 0.29) is 22.5 Å². The maximum absolute atomic E-state index is 12.1. The Hall–Kier alpha value is -3.23. The third-order valence-corrected chi connectivity index (χ3v) is 2.89. The summed E-state index contributed by atoms with van der Waals surface area (Å²) in [5.74, 6) is -2.24.